The van der Waals surface area contributed by atoms with Crippen molar-refractivity contribution in [1.82, 2.24) is 10.6 Å². The van der Waals surface area contributed by atoms with Crippen molar-refractivity contribution in [2.24, 2.45) is 0 Å². The molecule has 0 aromatic heterocycles. The van der Waals surface area contributed by atoms with Gasteiger partial charge in [-0.1, -0.05) is 11.6 Å². The lowest BCUT2D eigenvalue weighted by atomic mass is 10.1. The molecule has 1 amide bonds. The van der Waals surface area contributed by atoms with E-state index in [1.54, 1.807) is 18.2 Å². The number of piperidine rings is 1. The van der Waals surface area contributed by atoms with Crippen molar-refractivity contribution in [3.8, 4) is 5.75 Å². The summed E-state index contributed by atoms with van der Waals surface area (Å²) in [6.45, 7) is 2.30. The van der Waals surface area contributed by atoms with Gasteiger partial charge in [0.25, 0.3) is 0 Å². The third kappa shape index (κ3) is 6.43. The fourth-order valence-corrected chi connectivity index (χ4v) is 2.91. The number of amides is 1. The molecule has 0 saturated carbocycles. The molecule has 1 aromatic rings. The first-order chi connectivity index (χ1) is 9.65. The van der Waals surface area contributed by atoms with Crippen LogP contribution in [0.3, 0.4) is 0 Å². The number of halogens is 3. The van der Waals surface area contributed by atoms with Gasteiger partial charge in [-0.05, 0) is 60.1 Å². The second-order valence-corrected chi connectivity index (χ2v) is 6.06. The second-order valence-electron chi connectivity index (χ2n) is 4.76. The van der Waals surface area contributed by atoms with E-state index in [1.165, 1.54) is 0 Å². The van der Waals surface area contributed by atoms with E-state index in [-0.39, 0.29) is 18.3 Å². The lowest BCUT2D eigenvalue weighted by molar-refractivity contribution is -0.122. The molecule has 1 aliphatic heterocycles. The quantitative estimate of drug-likeness (QED) is 0.802. The molecule has 2 rings (SSSR count). The Kier molecular flexibility index (Phi) is 8.41. The molecule has 0 radical (unpaired) electrons. The SMILES string of the molecule is Cl.O=C(CCOc1ccc(Cl)cc1Br)NC1CCNCC1. The zero-order chi connectivity index (χ0) is 14.4. The van der Waals surface area contributed by atoms with E-state index in [9.17, 15) is 4.79 Å². The maximum Gasteiger partial charge on any atom is 0.223 e. The van der Waals surface area contributed by atoms with Crippen molar-refractivity contribution in [2.45, 2.75) is 25.3 Å². The Hall–Kier alpha value is -0.490. The van der Waals surface area contributed by atoms with Gasteiger partial charge in [-0.25, -0.2) is 0 Å². The average molecular weight is 398 g/mol. The normalized spacial score (nSPS) is 15.1. The maximum absolute atomic E-state index is 11.8. The van der Waals surface area contributed by atoms with Gasteiger partial charge in [0.1, 0.15) is 5.75 Å². The van der Waals surface area contributed by atoms with Crippen molar-refractivity contribution in [3.05, 3.63) is 27.7 Å². The smallest absolute Gasteiger partial charge is 0.223 e. The van der Waals surface area contributed by atoms with Crippen LogP contribution in [0.25, 0.3) is 0 Å². The van der Waals surface area contributed by atoms with Crippen molar-refractivity contribution >= 4 is 45.8 Å². The summed E-state index contributed by atoms with van der Waals surface area (Å²) in [4.78, 5) is 11.8. The van der Waals surface area contributed by atoms with E-state index >= 15 is 0 Å². The van der Waals surface area contributed by atoms with Gasteiger partial charge in [0, 0.05) is 11.1 Å². The van der Waals surface area contributed by atoms with Gasteiger partial charge in [0.2, 0.25) is 5.91 Å². The van der Waals surface area contributed by atoms with Crippen LogP contribution in [0.1, 0.15) is 19.3 Å². The highest BCUT2D eigenvalue weighted by Crippen LogP contribution is 2.27. The lowest BCUT2D eigenvalue weighted by Gasteiger charge is -2.23. The molecule has 1 heterocycles. The first kappa shape index (κ1) is 18.6. The van der Waals surface area contributed by atoms with Crippen LogP contribution in [-0.2, 0) is 4.79 Å². The third-order valence-electron chi connectivity index (χ3n) is 3.18. The topological polar surface area (TPSA) is 50.4 Å². The fraction of sp³-hybridized carbons (Fsp3) is 0.500. The molecule has 0 spiro atoms. The minimum Gasteiger partial charge on any atom is -0.492 e. The standard InChI is InChI=1S/C14H18BrClN2O2.ClH/c15-12-9-10(16)1-2-13(12)20-8-5-14(19)18-11-3-6-17-7-4-11;/h1-2,9,11,17H,3-8H2,(H,18,19);1H. The zero-order valence-electron chi connectivity index (χ0n) is 11.5. The summed E-state index contributed by atoms with van der Waals surface area (Å²) in [6.07, 6.45) is 2.35. The average Bonchev–Trinajstić information content (AvgIpc) is 2.42. The Morgan fingerprint density at radius 2 is 2.14 bits per heavy atom. The second kappa shape index (κ2) is 9.51. The van der Waals surface area contributed by atoms with Crippen LogP contribution in [0, 0.1) is 0 Å². The van der Waals surface area contributed by atoms with Gasteiger partial charge >= 0.3 is 0 Å². The zero-order valence-corrected chi connectivity index (χ0v) is 14.7. The predicted molar refractivity (Wildman–Crippen MR) is 90.5 cm³/mol. The Labute approximate surface area is 144 Å². The summed E-state index contributed by atoms with van der Waals surface area (Å²) in [6, 6.07) is 5.62. The Bertz CT molecular complexity index is 468. The maximum atomic E-state index is 11.8. The van der Waals surface area contributed by atoms with Gasteiger partial charge in [-0.3, -0.25) is 4.79 Å². The molecule has 4 nitrogen and oxygen atoms in total. The molecule has 1 fully saturated rings. The van der Waals surface area contributed by atoms with Gasteiger partial charge in [0.05, 0.1) is 17.5 Å². The van der Waals surface area contributed by atoms with Crippen molar-refractivity contribution in [3.63, 3.8) is 0 Å². The minimum atomic E-state index is 0. The third-order valence-corrected chi connectivity index (χ3v) is 4.04. The first-order valence-electron chi connectivity index (χ1n) is 6.73. The number of hydrogen-bond acceptors (Lipinski definition) is 3. The van der Waals surface area contributed by atoms with Gasteiger partial charge in [0.15, 0.2) is 0 Å². The summed E-state index contributed by atoms with van der Waals surface area (Å²) >= 11 is 9.23. The summed E-state index contributed by atoms with van der Waals surface area (Å²) in [5.74, 6) is 0.742. The van der Waals surface area contributed by atoms with E-state index in [4.69, 9.17) is 16.3 Å². The molecule has 1 saturated heterocycles. The highest BCUT2D eigenvalue weighted by Gasteiger charge is 2.15. The Morgan fingerprint density at radius 3 is 2.81 bits per heavy atom. The molecule has 0 aliphatic carbocycles. The fourth-order valence-electron chi connectivity index (χ4n) is 2.11. The van der Waals surface area contributed by atoms with Gasteiger partial charge < -0.3 is 15.4 Å². The molecule has 0 unspecified atom stereocenters. The number of ether oxygens (including phenoxy) is 1. The van der Waals surface area contributed by atoms with Crippen LogP contribution in [0.15, 0.2) is 22.7 Å². The van der Waals surface area contributed by atoms with E-state index < -0.39 is 0 Å². The minimum absolute atomic E-state index is 0. The van der Waals surface area contributed by atoms with E-state index in [0.717, 1.165) is 30.4 Å². The number of benzene rings is 1. The highest BCUT2D eigenvalue weighted by atomic mass is 79.9. The Balaban J connectivity index is 0.00000220. The number of rotatable bonds is 5. The number of hydrogen-bond donors (Lipinski definition) is 2. The first-order valence-corrected chi connectivity index (χ1v) is 7.90. The van der Waals surface area contributed by atoms with E-state index in [2.05, 4.69) is 26.6 Å². The summed E-state index contributed by atoms with van der Waals surface area (Å²) in [5.41, 5.74) is 0. The van der Waals surface area contributed by atoms with E-state index in [0.29, 0.717) is 29.8 Å². The molecule has 2 N–H and O–H groups in total. The molecular weight excluding hydrogens is 379 g/mol. The summed E-state index contributed by atoms with van der Waals surface area (Å²) < 4.78 is 6.37. The van der Waals surface area contributed by atoms with Gasteiger partial charge in [-0.2, -0.15) is 0 Å². The van der Waals surface area contributed by atoms with Crippen LogP contribution in [0.5, 0.6) is 5.75 Å². The summed E-state index contributed by atoms with van der Waals surface area (Å²) in [7, 11) is 0. The van der Waals surface area contributed by atoms with Crippen LogP contribution < -0.4 is 15.4 Å². The van der Waals surface area contributed by atoms with Crippen LogP contribution in [-0.4, -0.2) is 31.6 Å². The van der Waals surface area contributed by atoms with E-state index in [1.807, 2.05) is 0 Å². The number of carbonyl (C=O) groups excluding carboxylic acids is 1. The van der Waals surface area contributed by atoms with Crippen LogP contribution in [0.4, 0.5) is 0 Å². The molecule has 0 atom stereocenters. The summed E-state index contributed by atoms with van der Waals surface area (Å²) in [5, 5.41) is 6.95. The van der Waals surface area contributed by atoms with Crippen LogP contribution >= 0.6 is 39.9 Å². The Morgan fingerprint density at radius 1 is 1.43 bits per heavy atom. The number of carbonyl (C=O) groups is 1. The number of nitrogens with one attached hydrogen (secondary N) is 2. The van der Waals surface area contributed by atoms with Crippen molar-refractivity contribution in [1.29, 1.82) is 0 Å². The largest absolute Gasteiger partial charge is 0.492 e. The van der Waals surface area contributed by atoms with Crippen molar-refractivity contribution in [2.75, 3.05) is 19.7 Å². The lowest BCUT2D eigenvalue weighted by Crippen LogP contribution is -2.43. The molecule has 1 aliphatic rings. The molecule has 0 bridgehead atoms. The molecule has 7 heteroatoms. The molecule has 1 aromatic carbocycles. The highest BCUT2D eigenvalue weighted by molar-refractivity contribution is 9.10. The molecule has 21 heavy (non-hydrogen) atoms. The van der Waals surface area contributed by atoms with Gasteiger partial charge in [-0.15, -0.1) is 12.4 Å². The van der Waals surface area contributed by atoms with Crippen molar-refractivity contribution < 1.29 is 9.53 Å². The monoisotopic (exact) mass is 396 g/mol. The predicted octanol–water partition coefficient (Wildman–Crippen LogP) is 3.16. The molecule has 118 valence electrons. The van der Waals surface area contributed by atoms with Crippen LogP contribution in [0.2, 0.25) is 5.02 Å². The molecular formula is C14H19BrCl2N2O2.